The summed E-state index contributed by atoms with van der Waals surface area (Å²) in [4.78, 5) is 29.8. The number of sulfonamides is 1. The number of carbonyl (C=O) groups excluding carboxylic acids is 2. The molecule has 0 radical (unpaired) electrons. The third-order valence-electron chi connectivity index (χ3n) is 5.87. The number of amides is 2. The molecule has 10 heteroatoms. The second-order valence-electron chi connectivity index (χ2n) is 8.80. The van der Waals surface area contributed by atoms with Crippen LogP contribution >= 0.6 is 23.4 Å². The Hall–Kier alpha value is -4.18. The van der Waals surface area contributed by atoms with Crippen LogP contribution in [0.4, 0.5) is 5.69 Å². The van der Waals surface area contributed by atoms with Gasteiger partial charge in [0.1, 0.15) is 0 Å². The first-order valence-corrected chi connectivity index (χ1v) is 14.8. The van der Waals surface area contributed by atoms with E-state index >= 15 is 0 Å². The summed E-state index contributed by atoms with van der Waals surface area (Å²) in [6.45, 7) is 0. The van der Waals surface area contributed by atoms with Crippen LogP contribution in [0.15, 0.2) is 118 Å². The maximum absolute atomic E-state index is 12.5. The van der Waals surface area contributed by atoms with E-state index in [1.54, 1.807) is 24.3 Å². The molecule has 40 heavy (non-hydrogen) atoms. The van der Waals surface area contributed by atoms with E-state index in [0.717, 1.165) is 16.7 Å². The Labute approximate surface area is 241 Å². The predicted octanol–water partition coefficient (Wildman–Crippen LogP) is 5.95. The summed E-state index contributed by atoms with van der Waals surface area (Å²) >= 11 is 7.03. The van der Waals surface area contributed by atoms with Crippen molar-refractivity contribution in [2.75, 3.05) is 0 Å². The van der Waals surface area contributed by atoms with Crippen LogP contribution in [-0.4, -0.2) is 25.4 Å². The minimum Gasteiger partial charge on any atom is -0.300 e. The monoisotopic (exact) mass is 587 g/mol. The minimum absolute atomic E-state index is 0.0508. The van der Waals surface area contributed by atoms with Gasteiger partial charge in [-0.15, -0.1) is 0 Å². The molecule has 0 aliphatic carbocycles. The number of amidine groups is 1. The standard InChI is InChI=1S/C30H22ClN3O4S2/c31-24-12-16-26(17-13-24)40(37,38)34-28(35)19-21-8-14-25(15-9-21)32-30-33-29(36)27(39-30)18-20-6-10-23(11-7-20)22-4-2-1-3-5-22/h1-18H,19H2,(H,34,35)(H,32,33,36). The van der Waals surface area contributed by atoms with Crippen molar-refractivity contribution in [1.29, 1.82) is 0 Å². The number of rotatable bonds is 7. The quantitative estimate of drug-likeness (QED) is 0.260. The average Bonchev–Trinajstić information content (AvgIpc) is 3.28. The zero-order valence-electron chi connectivity index (χ0n) is 20.9. The highest BCUT2D eigenvalue weighted by atomic mass is 35.5. The lowest BCUT2D eigenvalue weighted by Crippen LogP contribution is -2.31. The van der Waals surface area contributed by atoms with Gasteiger partial charge >= 0.3 is 0 Å². The van der Waals surface area contributed by atoms with Crippen molar-refractivity contribution in [3.05, 3.63) is 124 Å². The highest BCUT2D eigenvalue weighted by Gasteiger charge is 2.24. The molecule has 0 spiro atoms. The second kappa shape index (κ2) is 11.9. The smallest absolute Gasteiger partial charge is 0.264 e. The maximum atomic E-state index is 12.5. The van der Waals surface area contributed by atoms with Crippen LogP contribution in [0.25, 0.3) is 17.2 Å². The number of hydrogen-bond acceptors (Lipinski definition) is 6. The normalized spacial score (nSPS) is 15.3. The van der Waals surface area contributed by atoms with E-state index in [4.69, 9.17) is 11.6 Å². The molecule has 0 unspecified atom stereocenters. The van der Waals surface area contributed by atoms with Crippen LogP contribution < -0.4 is 10.0 Å². The molecule has 0 aromatic heterocycles. The Morgan fingerprint density at radius 2 is 1.52 bits per heavy atom. The van der Waals surface area contributed by atoms with Gasteiger partial charge in [-0.1, -0.05) is 78.3 Å². The molecule has 1 aliphatic heterocycles. The molecule has 0 saturated carbocycles. The Morgan fingerprint density at radius 3 is 2.20 bits per heavy atom. The van der Waals surface area contributed by atoms with Gasteiger partial charge in [-0.05, 0) is 76.5 Å². The molecule has 1 aliphatic rings. The molecule has 4 aromatic carbocycles. The van der Waals surface area contributed by atoms with Crippen molar-refractivity contribution >= 4 is 62.1 Å². The Morgan fingerprint density at radius 1 is 0.875 bits per heavy atom. The highest BCUT2D eigenvalue weighted by Crippen LogP contribution is 2.29. The van der Waals surface area contributed by atoms with Crippen molar-refractivity contribution in [2.24, 2.45) is 4.99 Å². The molecule has 1 saturated heterocycles. The Balaban J connectivity index is 1.20. The third kappa shape index (κ3) is 6.87. The topological polar surface area (TPSA) is 105 Å². The molecule has 7 nitrogen and oxygen atoms in total. The van der Waals surface area contributed by atoms with Crippen LogP contribution in [0.5, 0.6) is 0 Å². The fourth-order valence-corrected chi connectivity index (χ4v) is 5.84. The van der Waals surface area contributed by atoms with Crippen LogP contribution in [0.2, 0.25) is 5.02 Å². The number of aliphatic imine (C=N–C) groups is 1. The van der Waals surface area contributed by atoms with Gasteiger partial charge in [0, 0.05) is 5.02 Å². The number of carbonyl (C=O) groups is 2. The summed E-state index contributed by atoms with van der Waals surface area (Å²) in [5.74, 6) is -0.898. The first-order chi connectivity index (χ1) is 19.2. The van der Waals surface area contributed by atoms with E-state index < -0.39 is 15.9 Å². The Kier molecular flexibility index (Phi) is 8.16. The predicted molar refractivity (Wildman–Crippen MR) is 160 cm³/mol. The van der Waals surface area contributed by atoms with E-state index in [0.29, 0.717) is 26.3 Å². The number of hydrogen-bond donors (Lipinski definition) is 2. The van der Waals surface area contributed by atoms with Crippen molar-refractivity contribution in [3.8, 4) is 11.1 Å². The lowest BCUT2D eigenvalue weighted by Gasteiger charge is -2.07. The Bertz CT molecular complexity index is 1720. The SMILES string of the molecule is O=C(Cc1ccc(N=C2NC(=O)C(=Cc3ccc(-c4ccccc4)cc3)S2)cc1)NS(=O)(=O)c1ccc(Cl)cc1. The number of nitrogens with one attached hydrogen (secondary N) is 2. The zero-order chi connectivity index (χ0) is 28.1. The summed E-state index contributed by atoms with van der Waals surface area (Å²) < 4.78 is 26.9. The van der Waals surface area contributed by atoms with E-state index in [1.807, 2.05) is 60.7 Å². The molecule has 200 valence electrons. The van der Waals surface area contributed by atoms with Crippen LogP contribution in [0.3, 0.4) is 0 Å². The van der Waals surface area contributed by atoms with Crippen LogP contribution in [0, 0.1) is 0 Å². The van der Waals surface area contributed by atoms with E-state index in [9.17, 15) is 18.0 Å². The van der Waals surface area contributed by atoms with Crippen molar-refractivity contribution < 1.29 is 18.0 Å². The summed E-state index contributed by atoms with van der Waals surface area (Å²) in [5.41, 5.74) is 4.31. The first-order valence-electron chi connectivity index (χ1n) is 12.1. The van der Waals surface area contributed by atoms with Gasteiger partial charge in [-0.3, -0.25) is 9.59 Å². The maximum Gasteiger partial charge on any atom is 0.264 e. The van der Waals surface area contributed by atoms with Gasteiger partial charge in [0.25, 0.3) is 15.9 Å². The van der Waals surface area contributed by atoms with Crippen molar-refractivity contribution in [2.45, 2.75) is 11.3 Å². The van der Waals surface area contributed by atoms with E-state index in [2.05, 4.69) is 15.0 Å². The first kappa shape index (κ1) is 27.4. The number of halogens is 1. The molecule has 1 heterocycles. The van der Waals surface area contributed by atoms with E-state index in [1.165, 1.54) is 36.0 Å². The molecular formula is C30H22ClN3O4S2. The number of benzene rings is 4. The summed E-state index contributed by atoms with van der Waals surface area (Å²) in [5, 5.41) is 3.60. The average molecular weight is 588 g/mol. The van der Waals surface area contributed by atoms with Gasteiger partial charge in [-0.25, -0.2) is 18.1 Å². The lowest BCUT2D eigenvalue weighted by atomic mass is 10.0. The zero-order valence-corrected chi connectivity index (χ0v) is 23.3. The largest absolute Gasteiger partial charge is 0.300 e. The molecular weight excluding hydrogens is 566 g/mol. The number of nitrogens with zero attached hydrogens (tertiary/aromatic N) is 1. The minimum atomic E-state index is -4.00. The molecule has 4 aromatic rings. The van der Waals surface area contributed by atoms with Crippen molar-refractivity contribution in [3.63, 3.8) is 0 Å². The molecule has 0 atom stereocenters. The van der Waals surface area contributed by atoms with Crippen LogP contribution in [0.1, 0.15) is 11.1 Å². The summed E-state index contributed by atoms with van der Waals surface area (Å²) in [6, 6.07) is 30.3. The van der Waals surface area contributed by atoms with Gasteiger partial charge in [0.15, 0.2) is 5.17 Å². The van der Waals surface area contributed by atoms with Gasteiger partial charge in [0.05, 0.1) is 21.9 Å². The summed E-state index contributed by atoms with van der Waals surface area (Å²) in [6.07, 6.45) is 1.68. The third-order valence-corrected chi connectivity index (χ3v) is 8.42. The van der Waals surface area contributed by atoms with Gasteiger partial charge < -0.3 is 5.32 Å². The summed E-state index contributed by atoms with van der Waals surface area (Å²) in [7, 11) is -4.00. The van der Waals surface area contributed by atoms with Gasteiger partial charge in [-0.2, -0.15) is 0 Å². The van der Waals surface area contributed by atoms with Gasteiger partial charge in [0.2, 0.25) is 5.91 Å². The fraction of sp³-hybridized carbons (Fsp3) is 0.0333. The fourth-order valence-electron chi connectivity index (χ4n) is 3.88. The number of thioether (sulfide) groups is 1. The molecule has 2 N–H and O–H groups in total. The molecule has 1 fully saturated rings. The molecule has 5 rings (SSSR count). The van der Waals surface area contributed by atoms with Crippen LogP contribution in [-0.2, 0) is 26.0 Å². The highest BCUT2D eigenvalue weighted by molar-refractivity contribution is 8.18. The van der Waals surface area contributed by atoms with E-state index in [-0.39, 0.29) is 17.2 Å². The molecule has 2 amide bonds. The molecule has 0 bridgehead atoms. The van der Waals surface area contributed by atoms with Crippen molar-refractivity contribution in [1.82, 2.24) is 10.0 Å². The lowest BCUT2D eigenvalue weighted by molar-refractivity contribution is -0.118. The second-order valence-corrected chi connectivity index (χ2v) is 11.9.